The first-order valence-electron chi connectivity index (χ1n) is 13.4. The van der Waals surface area contributed by atoms with Crippen molar-refractivity contribution in [1.82, 2.24) is 9.80 Å². The number of carboxylic acid groups (broad SMARTS) is 1. The van der Waals surface area contributed by atoms with Crippen LogP contribution < -0.4 is 5.73 Å². The van der Waals surface area contributed by atoms with Crippen LogP contribution in [0.25, 0.3) is 0 Å². The van der Waals surface area contributed by atoms with E-state index < -0.39 is 15.8 Å². The summed E-state index contributed by atoms with van der Waals surface area (Å²) < 4.78 is 10.3. The quantitative estimate of drug-likeness (QED) is 0.244. The van der Waals surface area contributed by atoms with Gasteiger partial charge in [-0.05, 0) is 30.3 Å². The van der Waals surface area contributed by atoms with E-state index in [0.717, 1.165) is 6.07 Å². The maximum atomic E-state index is 12.0. The first-order valence-corrected chi connectivity index (χ1v) is 13.4. The molecule has 0 aromatic heterocycles. The van der Waals surface area contributed by atoms with Crippen molar-refractivity contribution >= 4 is 34.8 Å². The van der Waals surface area contributed by atoms with Gasteiger partial charge in [0, 0.05) is 67.3 Å². The van der Waals surface area contributed by atoms with Crippen LogP contribution in [0.1, 0.15) is 31.1 Å². The van der Waals surface area contributed by atoms with Crippen molar-refractivity contribution in [3.05, 3.63) is 110 Å². The molecule has 2 fully saturated rings. The third kappa shape index (κ3) is 9.85. The Morgan fingerprint density at radius 2 is 1.05 bits per heavy atom. The highest BCUT2D eigenvalue weighted by molar-refractivity contribution is 5.95. The van der Waals surface area contributed by atoms with Crippen molar-refractivity contribution in [2.24, 2.45) is 0 Å². The van der Waals surface area contributed by atoms with Crippen LogP contribution in [0, 0.1) is 20.2 Å². The molecule has 15 nitrogen and oxygen atoms in total. The van der Waals surface area contributed by atoms with Gasteiger partial charge in [0.15, 0.2) is 0 Å². The molecule has 0 atom stereocenters. The Morgan fingerprint density at radius 1 is 0.659 bits per heavy atom. The van der Waals surface area contributed by atoms with E-state index >= 15 is 0 Å². The molecule has 3 aromatic carbocycles. The summed E-state index contributed by atoms with van der Waals surface area (Å²) in [5.41, 5.74) is 6.89. The summed E-state index contributed by atoms with van der Waals surface area (Å²) in [6.45, 7) is 4.65. The maximum Gasteiger partial charge on any atom is 0.335 e. The molecule has 2 aliphatic rings. The van der Waals surface area contributed by atoms with Crippen molar-refractivity contribution in [3.63, 3.8) is 0 Å². The molecule has 0 saturated carbocycles. The summed E-state index contributed by atoms with van der Waals surface area (Å²) in [7, 11) is 0. The number of nitrogens with zero attached hydrogens (tertiary/aromatic N) is 4. The van der Waals surface area contributed by atoms with E-state index in [2.05, 4.69) is 0 Å². The van der Waals surface area contributed by atoms with E-state index in [1.807, 2.05) is 0 Å². The topological polar surface area (TPSA) is 209 Å². The second kappa shape index (κ2) is 16.3. The third-order valence-electron chi connectivity index (χ3n) is 6.34. The van der Waals surface area contributed by atoms with Gasteiger partial charge >= 0.3 is 5.97 Å². The summed E-state index contributed by atoms with van der Waals surface area (Å²) in [6.07, 6.45) is 0. The summed E-state index contributed by atoms with van der Waals surface area (Å²) in [6, 6.07) is 17.7. The predicted molar refractivity (Wildman–Crippen MR) is 157 cm³/mol. The number of aromatic carboxylic acids is 1. The Hall–Kier alpha value is -5.41. The Labute approximate surface area is 251 Å². The van der Waals surface area contributed by atoms with Crippen LogP contribution in [0.4, 0.5) is 17.1 Å². The average molecular weight is 610 g/mol. The van der Waals surface area contributed by atoms with Gasteiger partial charge in [-0.3, -0.25) is 29.8 Å². The molecule has 0 radical (unpaired) electrons. The highest BCUT2D eigenvalue weighted by atomic mass is 16.6. The number of morpholine rings is 2. The lowest BCUT2D eigenvalue weighted by Gasteiger charge is -2.26. The Morgan fingerprint density at radius 3 is 1.45 bits per heavy atom. The van der Waals surface area contributed by atoms with Crippen molar-refractivity contribution in [3.8, 4) is 0 Å². The van der Waals surface area contributed by atoms with Gasteiger partial charge in [-0.25, -0.2) is 4.79 Å². The Bertz CT molecular complexity index is 1460. The number of nitrogen functional groups attached to an aromatic ring is 1. The monoisotopic (exact) mass is 609 g/mol. The molecule has 2 saturated heterocycles. The number of hydrogen-bond donors (Lipinski definition) is 2. The van der Waals surface area contributed by atoms with Crippen molar-refractivity contribution in [2.75, 3.05) is 58.3 Å². The second-order valence-electron chi connectivity index (χ2n) is 9.35. The fourth-order valence-corrected chi connectivity index (χ4v) is 4.07. The summed E-state index contributed by atoms with van der Waals surface area (Å²) in [5.74, 6) is -1.32. The summed E-state index contributed by atoms with van der Waals surface area (Å²) >= 11 is 0. The molecule has 232 valence electrons. The smallest absolute Gasteiger partial charge is 0.335 e. The van der Waals surface area contributed by atoms with Gasteiger partial charge in [-0.2, -0.15) is 0 Å². The van der Waals surface area contributed by atoms with Crippen LogP contribution in [0.3, 0.4) is 0 Å². The molecule has 3 N–H and O–H groups in total. The number of carbonyl (C=O) groups is 3. The number of anilines is 1. The number of nitro benzene ring substituents is 2. The zero-order valence-corrected chi connectivity index (χ0v) is 23.6. The van der Waals surface area contributed by atoms with Crippen molar-refractivity contribution in [1.29, 1.82) is 0 Å². The number of carboxylic acids is 1. The van der Waals surface area contributed by atoms with Crippen molar-refractivity contribution in [2.45, 2.75) is 0 Å². The lowest BCUT2D eigenvalue weighted by molar-refractivity contribution is -0.385. The molecule has 0 bridgehead atoms. The minimum Gasteiger partial charge on any atom is -0.478 e. The standard InChI is InChI=1S/C11H12N2O4.C11H14N2O2.C7H5NO4/c14-11(12-4-6-17-7-5-12)9-2-1-3-10(8-9)13(15)16;12-10-3-1-2-9(8-10)11(14)13-4-6-15-7-5-13;9-7(10)5-2-1-3-6(4-5)8(11)12/h1-3,8H,4-7H2;1-3,8H,4-7,12H2;1-4H,(H,9,10). The van der Waals surface area contributed by atoms with Gasteiger partial charge < -0.3 is 30.1 Å². The fraction of sp³-hybridized carbons (Fsp3) is 0.276. The van der Waals surface area contributed by atoms with E-state index in [1.165, 1.54) is 36.4 Å². The number of ether oxygens (including phenoxy) is 2. The number of rotatable bonds is 5. The lowest BCUT2D eigenvalue weighted by atomic mass is 10.1. The van der Waals surface area contributed by atoms with Gasteiger partial charge in [0.1, 0.15) is 0 Å². The first-order chi connectivity index (χ1) is 21.1. The average Bonchev–Trinajstić information content (AvgIpc) is 3.05. The maximum absolute atomic E-state index is 12.0. The predicted octanol–water partition coefficient (Wildman–Crippen LogP) is 3.10. The van der Waals surface area contributed by atoms with E-state index in [0.29, 0.717) is 69.4 Å². The van der Waals surface area contributed by atoms with Gasteiger partial charge in [0.05, 0.1) is 41.8 Å². The number of carbonyl (C=O) groups excluding carboxylic acids is 2. The highest BCUT2D eigenvalue weighted by Gasteiger charge is 2.20. The first kappa shape index (κ1) is 33.1. The van der Waals surface area contributed by atoms with Crippen LogP contribution in [-0.4, -0.2) is 95.1 Å². The zero-order valence-electron chi connectivity index (χ0n) is 23.6. The molecule has 0 aliphatic carbocycles. The molecule has 5 rings (SSSR count). The normalized spacial score (nSPS) is 14.2. The minimum atomic E-state index is -1.17. The van der Waals surface area contributed by atoms with Crippen molar-refractivity contribution < 1.29 is 38.8 Å². The number of benzene rings is 3. The molecule has 44 heavy (non-hydrogen) atoms. The number of non-ortho nitro benzene ring substituents is 2. The molecule has 15 heteroatoms. The molecule has 3 aromatic rings. The molecular formula is C29H31N5O10. The lowest BCUT2D eigenvalue weighted by Crippen LogP contribution is -2.40. The molecule has 0 unspecified atom stereocenters. The van der Waals surface area contributed by atoms with Gasteiger partial charge in [-0.1, -0.05) is 18.2 Å². The Kier molecular flexibility index (Phi) is 12.2. The minimum absolute atomic E-state index is 0.0330. The number of hydrogen-bond acceptors (Lipinski definition) is 10. The van der Waals surface area contributed by atoms with Crippen LogP contribution in [-0.2, 0) is 9.47 Å². The van der Waals surface area contributed by atoms with Crippen LogP contribution >= 0.6 is 0 Å². The molecule has 2 amide bonds. The number of nitrogens with two attached hydrogens (primary N) is 1. The van der Waals surface area contributed by atoms with E-state index in [4.69, 9.17) is 20.3 Å². The number of amides is 2. The van der Waals surface area contributed by atoms with Crippen LogP contribution in [0.5, 0.6) is 0 Å². The molecule has 2 heterocycles. The fourth-order valence-electron chi connectivity index (χ4n) is 4.07. The van der Waals surface area contributed by atoms with Gasteiger partial charge in [-0.15, -0.1) is 0 Å². The largest absolute Gasteiger partial charge is 0.478 e. The van der Waals surface area contributed by atoms with Gasteiger partial charge in [0.2, 0.25) is 0 Å². The highest BCUT2D eigenvalue weighted by Crippen LogP contribution is 2.16. The van der Waals surface area contributed by atoms with E-state index in [1.54, 1.807) is 40.1 Å². The van der Waals surface area contributed by atoms with E-state index in [9.17, 15) is 34.6 Å². The molecule has 0 spiro atoms. The summed E-state index contributed by atoms with van der Waals surface area (Å²) in [4.78, 5) is 57.4. The SMILES string of the molecule is Nc1cccc(C(=O)N2CCOCC2)c1.O=C(O)c1cccc([N+](=O)[O-])c1.O=C(c1cccc([N+](=O)[O-])c1)N1CCOCC1. The Balaban J connectivity index is 0.000000183. The number of nitro groups is 2. The molecule has 2 aliphatic heterocycles. The third-order valence-corrected chi connectivity index (χ3v) is 6.34. The van der Waals surface area contributed by atoms with Gasteiger partial charge in [0.25, 0.3) is 23.2 Å². The van der Waals surface area contributed by atoms with Crippen LogP contribution in [0.15, 0.2) is 72.8 Å². The van der Waals surface area contributed by atoms with Crippen LogP contribution in [0.2, 0.25) is 0 Å². The summed E-state index contributed by atoms with van der Waals surface area (Å²) in [5, 5.41) is 29.3. The zero-order chi connectivity index (χ0) is 32.1. The molecular weight excluding hydrogens is 578 g/mol. The van der Waals surface area contributed by atoms with E-state index in [-0.39, 0.29) is 28.8 Å². The second-order valence-corrected chi connectivity index (χ2v) is 9.35.